The van der Waals surface area contributed by atoms with E-state index in [1.165, 1.54) is 6.20 Å². The number of benzene rings is 2. The molecule has 0 aliphatic heterocycles. The van der Waals surface area contributed by atoms with Crippen molar-refractivity contribution in [3.63, 3.8) is 0 Å². The number of carbonyl (C=O) groups is 1. The molecule has 1 heterocycles. The molecular formula is C21H21ClN5O2. The van der Waals surface area contributed by atoms with E-state index in [0.717, 1.165) is 11.4 Å². The summed E-state index contributed by atoms with van der Waals surface area (Å²) >= 11 is 6.18. The van der Waals surface area contributed by atoms with E-state index in [-0.39, 0.29) is 5.91 Å². The minimum Gasteiger partial charge on any atom is -0.338 e. The number of halogens is 1. The highest BCUT2D eigenvalue weighted by Gasteiger charge is 2.09. The topological polar surface area (TPSA) is 88.2 Å². The molecule has 1 amide bonds. The zero-order chi connectivity index (χ0) is 20.6. The van der Waals surface area contributed by atoms with Crippen LogP contribution in [-0.4, -0.2) is 22.5 Å². The van der Waals surface area contributed by atoms with Gasteiger partial charge in [0.05, 0.1) is 12.8 Å². The third-order valence-corrected chi connectivity index (χ3v) is 3.97. The molecule has 0 atom stereocenters. The first kappa shape index (κ1) is 20.6. The fraction of sp³-hybridized carbons (Fsp3) is 0.190. The lowest BCUT2D eigenvalue weighted by atomic mass is 10.2. The van der Waals surface area contributed by atoms with Crippen LogP contribution in [0.15, 0.2) is 54.7 Å². The molecule has 3 aromatic rings. The van der Waals surface area contributed by atoms with Crippen LogP contribution in [0.25, 0.3) is 0 Å². The van der Waals surface area contributed by atoms with Crippen LogP contribution < -0.4 is 16.1 Å². The van der Waals surface area contributed by atoms with Gasteiger partial charge in [-0.25, -0.2) is 10.5 Å². The molecule has 0 aliphatic carbocycles. The van der Waals surface area contributed by atoms with Crippen LogP contribution in [0.4, 0.5) is 23.1 Å². The third-order valence-electron chi connectivity index (χ3n) is 3.69. The summed E-state index contributed by atoms with van der Waals surface area (Å²) in [5.74, 6) is 0.862. The summed E-state index contributed by atoms with van der Waals surface area (Å²) in [6, 6.07) is 17.4. The van der Waals surface area contributed by atoms with E-state index in [9.17, 15) is 4.79 Å². The van der Waals surface area contributed by atoms with Gasteiger partial charge in [-0.2, -0.15) is 4.98 Å². The van der Waals surface area contributed by atoms with Crippen molar-refractivity contribution in [1.82, 2.24) is 15.4 Å². The fourth-order valence-electron chi connectivity index (χ4n) is 2.28. The van der Waals surface area contributed by atoms with Gasteiger partial charge >= 0.3 is 0 Å². The van der Waals surface area contributed by atoms with Crippen molar-refractivity contribution in [2.45, 2.75) is 13.8 Å². The quantitative estimate of drug-likeness (QED) is 0.465. The van der Waals surface area contributed by atoms with E-state index >= 15 is 0 Å². The number of nitrogens with one attached hydrogen (secondary N) is 3. The first-order valence-corrected chi connectivity index (χ1v) is 9.44. The number of amides is 1. The van der Waals surface area contributed by atoms with Gasteiger partial charge < -0.3 is 10.6 Å². The Labute approximate surface area is 174 Å². The standard InChI is InChI=1S/C21H21ClN5O2/c1-14(2)13-29-27-20(28)15-8-10-17(11-9-15)25-21-23-12-18(22)19(26-21)24-16-6-4-3-5-7-16/h3-6,8-12,14H,13H2,1-2H3,(H,27,28)(H2,23,24,25,26). The van der Waals surface area contributed by atoms with Crippen LogP contribution in [0.3, 0.4) is 0 Å². The number of carbonyl (C=O) groups excluding carboxylic acids is 1. The molecule has 0 unspecified atom stereocenters. The highest BCUT2D eigenvalue weighted by Crippen LogP contribution is 2.24. The Morgan fingerprint density at radius 2 is 1.97 bits per heavy atom. The Hall–Kier alpha value is -3.16. The predicted molar refractivity (Wildman–Crippen MR) is 114 cm³/mol. The monoisotopic (exact) mass is 410 g/mol. The Balaban J connectivity index is 1.64. The lowest BCUT2D eigenvalue weighted by Crippen LogP contribution is -2.25. The summed E-state index contributed by atoms with van der Waals surface area (Å²) in [7, 11) is 0. The van der Waals surface area contributed by atoms with Gasteiger partial charge in [-0.3, -0.25) is 9.63 Å². The molecule has 1 radical (unpaired) electrons. The van der Waals surface area contributed by atoms with Gasteiger partial charge in [-0.05, 0) is 36.2 Å². The van der Waals surface area contributed by atoms with Crippen LogP contribution in [-0.2, 0) is 4.84 Å². The van der Waals surface area contributed by atoms with Crippen molar-refractivity contribution in [2.24, 2.45) is 5.92 Å². The predicted octanol–water partition coefficient (Wildman–Crippen LogP) is 4.73. The second-order valence-electron chi connectivity index (χ2n) is 6.63. The second kappa shape index (κ2) is 9.86. The SMILES string of the molecule is CC(C)CONC(=O)c1ccc(Nc2ncc(Cl)c(Nc3[c]cccc3)n2)cc1. The molecule has 1 aromatic heterocycles. The van der Waals surface area contributed by atoms with Gasteiger partial charge in [0.1, 0.15) is 5.02 Å². The molecule has 0 bridgehead atoms. The van der Waals surface area contributed by atoms with Crippen molar-refractivity contribution in [1.29, 1.82) is 0 Å². The van der Waals surface area contributed by atoms with Crippen LogP contribution in [0.1, 0.15) is 24.2 Å². The summed E-state index contributed by atoms with van der Waals surface area (Å²) in [6.45, 7) is 4.46. The number of rotatable bonds is 8. The van der Waals surface area contributed by atoms with Crippen LogP contribution in [0, 0.1) is 12.0 Å². The molecule has 8 heteroatoms. The summed E-state index contributed by atoms with van der Waals surface area (Å²) in [6.07, 6.45) is 1.51. The molecule has 29 heavy (non-hydrogen) atoms. The highest BCUT2D eigenvalue weighted by molar-refractivity contribution is 6.32. The maximum Gasteiger partial charge on any atom is 0.274 e. The van der Waals surface area contributed by atoms with Crippen molar-refractivity contribution in [3.05, 3.63) is 71.4 Å². The molecule has 0 spiro atoms. The fourth-order valence-corrected chi connectivity index (χ4v) is 2.42. The van der Waals surface area contributed by atoms with Crippen LogP contribution in [0.2, 0.25) is 5.02 Å². The van der Waals surface area contributed by atoms with Gasteiger partial charge in [0, 0.05) is 23.0 Å². The van der Waals surface area contributed by atoms with E-state index in [4.69, 9.17) is 16.4 Å². The largest absolute Gasteiger partial charge is 0.338 e. The van der Waals surface area contributed by atoms with Crippen molar-refractivity contribution in [2.75, 3.05) is 17.2 Å². The molecule has 149 valence electrons. The minimum absolute atomic E-state index is 0.300. The summed E-state index contributed by atoms with van der Waals surface area (Å²) < 4.78 is 0. The van der Waals surface area contributed by atoms with E-state index in [0.29, 0.717) is 34.9 Å². The van der Waals surface area contributed by atoms with E-state index in [2.05, 4.69) is 32.1 Å². The number of hydrogen-bond donors (Lipinski definition) is 3. The first-order valence-electron chi connectivity index (χ1n) is 9.07. The minimum atomic E-state index is -0.300. The van der Waals surface area contributed by atoms with E-state index in [1.54, 1.807) is 30.3 Å². The number of hydrogen-bond acceptors (Lipinski definition) is 6. The van der Waals surface area contributed by atoms with Crippen molar-refractivity contribution < 1.29 is 9.63 Å². The zero-order valence-electron chi connectivity index (χ0n) is 16.1. The lowest BCUT2D eigenvalue weighted by molar-refractivity contribution is 0.0208. The molecule has 0 saturated carbocycles. The number of nitrogens with zero attached hydrogens (tertiary/aromatic N) is 2. The Morgan fingerprint density at radius 3 is 2.66 bits per heavy atom. The third kappa shape index (κ3) is 6.17. The Bertz CT molecular complexity index is 949. The van der Waals surface area contributed by atoms with E-state index < -0.39 is 0 Å². The summed E-state index contributed by atoms with van der Waals surface area (Å²) in [5, 5.41) is 6.58. The molecular weight excluding hydrogens is 390 g/mol. The number of anilines is 4. The average Bonchev–Trinajstić information content (AvgIpc) is 2.71. The Kier molecular flexibility index (Phi) is 6.99. The average molecular weight is 411 g/mol. The molecule has 0 aliphatic rings. The van der Waals surface area contributed by atoms with Gasteiger partial charge in [0.15, 0.2) is 5.82 Å². The Morgan fingerprint density at radius 1 is 1.17 bits per heavy atom. The van der Waals surface area contributed by atoms with Gasteiger partial charge in [-0.15, -0.1) is 0 Å². The van der Waals surface area contributed by atoms with Crippen LogP contribution in [0.5, 0.6) is 0 Å². The number of aromatic nitrogens is 2. The highest BCUT2D eigenvalue weighted by atomic mass is 35.5. The van der Waals surface area contributed by atoms with Gasteiger partial charge in [0.2, 0.25) is 5.95 Å². The van der Waals surface area contributed by atoms with Crippen molar-refractivity contribution in [3.8, 4) is 0 Å². The maximum absolute atomic E-state index is 12.0. The summed E-state index contributed by atoms with van der Waals surface area (Å²) in [5.41, 5.74) is 4.38. The molecule has 2 aromatic carbocycles. The van der Waals surface area contributed by atoms with Crippen molar-refractivity contribution >= 4 is 40.6 Å². The lowest BCUT2D eigenvalue weighted by Gasteiger charge is -2.11. The smallest absolute Gasteiger partial charge is 0.274 e. The molecule has 3 rings (SSSR count). The van der Waals surface area contributed by atoms with Gasteiger partial charge in [-0.1, -0.05) is 43.6 Å². The molecule has 0 fully saturated rings. The molecule has 3 N–H and O–H groups in total. The molecule has 7 nitrogen and oxygen atoms in total. The normalized spacial score (nSPS) is 10.6. The first-order chi connectivity index (χ1) is 14.0. The number of hydroxylamine groups is 1. The maximum atomic E-state index is 12.0. The zero-order valence-corrected chi connectivity index (χ0v) is 16.8. The van der Waals surface area contributed by atoms with E-state index in [1.807, 2.05) is 32.0 Å². The molecule has 0 saturated heterocycles. The van der Waals surface area contributed by atoms with Gasteiger partial charge in [0.25, 0.3) is 5.91 Å². The summed E-state index contributed by atoms with van der Waals surface area (Å²) in [4.78, 5) is 25.8. The second-order valence-corrected chi connectivity index (χ2v) is 7.04. The van der Waals surface area contributed by atoms with Crippen LogP contribution >= 0.6 is 11.6 Å². The number of para-hydroxylation sites is 1.